The molecule has 30 heavy (non-hydrogen) atoms. The van der Waals surface area contributed by atoms with Gasteiger partial charge < -0.3 is 5.11 Å². The third-order valence-corrected chi connectivity index (χ3v) is 5.52. The van der Waals surface area contributed by atoms with Crippen molar-refractivity contribution in [2.24, 2.45) is 0 Å². The van der Waals surface area contributed by atoms with Gasteiger partial charge in [0.05, 0.1) is 5.92 Å². The molecule has 0 fully saturated rings. The fourth-order valence-corrected chi connectivity index (χ4v) is 4.01. The molecule has 4 aromatic carbocycles. The van der Waals surface area contributed by atoms with Crippen LogP contribution in [0.2, 0.25) is 0 Å². The van der Waals surface area contributed by atoms with Gasteiger partial charge in [0.25, 0.3) is 0 Å². The summed E-state index contributed by atoms with van der Waals surface area (Å²) in [5.41, 5.74) is 1.88. The lowest BCUT2D eigenvalue weighted by Crippen LogP contribution is -2.32. The molecule has 1 N–H and O–H groups in total. The topological polar surface area (TPSA) is 37.3 Å². The maximum absolute atomic E-state index is 13.7. The lowest BCUT2D eigenvalue weighted by atomic mass is 9.77. The Kier molecular flexibility index (Phi) is 5.87. The highest BCUT2D eigenvalue weighted by Crippen LogP contribution is 2.37. The second kappa shape index (κ2) is 8.89. The second-order valence-electron chi connectivity index (χ2n) is 7.49. The first kappa shape index (κ1) is 19.8. The monoisotopic (exact) mass is 392 g/mol. The average molecular weight is 392 g/mol. The zero-order chi connectivity index (χ0) is 20.8. The summed E-state index contributed by atoms with van der Waals surface area (Å²) >= 11 is 0. The van der Waals surface area contributed by atoms with Crippen LogP contribution in [0.25, 0.3) is 0 Å². The van der Waals surface area contributed by atoms with Crippen LogP contribution in [0.5, 0.6) is 0 Å². The van der Waals surface area contributed by atoms with Gasteiger partial charge in [-0.25, -0.2) is 0 Å². The molecular weight excluding hydrogens is 368 g/mol. The highest BCUT2D eigenvalue weighted by molar-refractivity contribution is 5.90. The molecule has 0 aliphatic rings. The van der Waals surface area contributed by atoms with Crippen molar-refractivity contribution in [3.8, 4) is 0 Å². The molecule has 0 unspecified atom stereocenters. The van der Waals surface area contributed by atoms with Crippen molar-refractivity contribution in [2.45, 2.75) is 17.9 Å². The standard InChI is InChI=1S/C28H24O2/c29-26(27(22-13-5-1-6-14-22)23-15-7-2-8-16-23)21-28(30,24-17-9-3-10-18-24)25-19-11-4-12-20-25/h1-20,27,30H,21H2. The van der Waals surface area contributed by atoms with Gasteiger partial charge in [0, 0.05) is 6.42 Å². The van der Waals surface area contributed by atoms with Crippen molar-refractivity contribution in [2.75, 3.05) is 0 Å². The van der Waals surface area contributed by atoms with Gasteiger partial charge in [-0.2, -0.15) is 0 Å². The Morgan fingerprint density at radius 1 is 0.600 bits per heavy atom. The molecule has 0 aliphatic carbocycles. The van der Waals surface area contributed by atoms with E-state index in [0.29, 0.717) is 11.1 Å². The van der Waals surface area contributed by atoms with Gasteiger partial charge in [-0.3, -0.25) is 4.79 Å². The largest absolute Gasteiger partial charge is 0.380 e. The second-order valence-corrected chi connectivity index (χ2v) is 7.49. The molecule has 148 valence electrons. The minimum Gasteiger partial charge on any atom is -0.380 e. The molecule has 0 spiro atoms. The van der Waals surface area contributed by atoms with Crippen molar-refractivity contribution >= 4 is 5.78 Å². The van der Waals surface area contributed by atoms with Gasteiger partial charge in [-0.05, 0) is 22.3 Å². The van der Waals surface area contributed by atoms with E-state index in [-0.39, 0.29) is 12.2 Å². The van der Waals surface area contributed by atoms with Crippen LogP contribution in [-0.2, 0) is 10.4 Å². The van der Waals surface area contributed by atoms with E-state index in [1.165, 1.54) is 0 Å². The quantitative estimate of drug-likeness (QED) is 0.437. The third kappa shape index (κ3) is 4.10. The number of aliphatic hydroxyl groups is 1. The fraction of sp³-hybridized carbons (Fsp3) is 0.107. The van der Waals surface area contributed by atoms with Crippen LogP contribution in [0, 0.1) is 0 Å². The first-order chi connectivity index (χ1) is 14.7. The lowest BCUT2D eigenvalue weighted by Gasteiger charge is -2.30. The van der Waals surface area contributed by atoms with E-state index in [1.54, 1.807) is 0 Å². The van der Waals surface area contributed by atoms with Gasteiger partial charge in [-0.15, -0.1) is 0 Å². The van der Waals surface area contributed by atoms with Crippen LogP contribution in [0.1, 0.15) is 34.6 Å². The van der Waals surface area contributed by atoms with E-state index in [9.17, 15) is 9.90 Å². The van der Waals surface area contributed by atoms with Gasteiger partial charge in [0.1, 0.15) is 11.4 Å². The van der Waals surface area contributed by atoms with Gasteiger partial charge in [0.2, 0.25) is 0 Å². The normalized spacial score (nSPS) is 11.4. The van der Waals surface area contributed by atoms with Crippen LogP contribution in [0.3, 0.4) is 0 Å². The van der Waals surface area contributed by atoms with E-state index in [1.807, 2.05) is 121 Å². The van der Waals surface area contributed by atoms with Crippen molar-refractivity contribution in [3.63, 3.8) is 0 Å². The maximum Gasteiger partial charge on any atom is 0.148 e. The average Bonchev–Trinajstić information content (AvgIpc) is 2.82. The van der Waals surface area contributed by atoms with E-state index < -0.39 is 11.5 Å². The summed E-state index contributed by atoms with van der Waals surface area (Å²) in [7, 11) is 0. The molecule has 0 amide bonds. The van der Waals surface area contributed by atoms with E-state index in [4.69, 9.17) is 0 Å². The smallest absolute Gasteiger partial charge is 0.148 e. The van der Waals surface area contributed by atoms with Crippen LogP contribution in [0.15, 0.2) is 121 Å². The first-order valence-electron chi connectivity index (χ1n) is 10.1. The summed E-state index contributed by atoms with van der Waals surface area (Å²) < 4.78 is 0. The van der Waals surface area contributed by atoms with Crippen LogP contribution < -0.4 is 0 Å². The van der Waals surface area contributed by atoms with E-state index in [2.05, 4.69) is 0 Å². The number of ketones is 1. The Morgan fingerprint density at radius 2 is 0.933 bits per heavy atom. The molecule has 2 nitrogen and oxygen atoms in total. The number of Topliss-reactive ketones (excluding diaryl/α,β-unsaturated/α-hetero) is 1. The highest BCUT2D eigenvalue weighted by Gasteiger charge is 2.37. The minimum atomic E-state index is -1.40. The predicted octanol–water partition coefficient (Wildman–Crippen LogP) is 5.71. The minimum absolute atomic E-state index is 0.0184. The highest BCUT2D eigenvalue weighted by atomic mass is 16.3. The summed E-state index contributed by atoms with van der Waals surface area (Å²) in [4.78, 5) is 13.7. The van der Waals surface area contributed by atoms with E-state index >= 15 is 0 Å². The number of rotatable bonds is 7. The van der Waals surface area contributed by atoms with Crippen LogP contribution >= 0.6 is 0 Å². The molecule has 4 aromatic rings. The van der Waals surface area contributed by atoms with Crippen LogP contribution in [0.4, 0.5) is 0 Å². The van der Waals surface area contributed by atoms with Crippen molar-refractivity contribution < 1.29 is 9.90 Å². The van der Waals surface area contributed by atoms with Gasteiger partial charge in [0.15, 0.2) is 0 Å². The molecule has 4 rings (SSSR count). The zero-order valence-electron chi connectivity index (χ0n) is 16.7. The van der Waals surface area contributed by atoms with Crippen molar-refractivity contribution in [1.29, 1.82) is 0 Å². The van der Waals surface area contributed by atoms with Crippen LogP contribution in [-0.4, -0.2) is 10.9 Å². The Labute approximate surface area is 177 Å². The Morgan fingerprint density at radius 3 is 1.30 bits per heavy atom. The molecule has 0 heterocycles. The Balaban J connectivity index is 1.77. The number of hydrogen-bond acceptors (Lipinski definition) is 2. The number of benzene rings is 4. The maximum atomic E-state index is 13.7. The summed E-state index contributed by atoms with van der Waals surface area (Å²) in [5.74, 6) is -0.464. The summed E-state index contributed by atoms with van der Waals surface area (Å²) in [6.45, 7) is 0. The molecule has 0 aliphatic heterocycles. The number of carbonyl (C=O) groups is 1. The molecule has 0 aromatic heterocycles. The number of hydrogen-bond donors (Lipinski definition) is 1. The molecule has 0 radical (unpaired) electrons. The molecule has 0 atom stereocenters. The lowest BCUT2D eigenvalue weighted by molar-refractivity contribution is -0.123. The molecule has 0 saturated carbocycles. The summed E-state index contributed by atoms with van der Waals surface area (Å²) in [6, 6.07) is 38.4. The Hall–Kier alpha value is -3.49. The molecule has 0 bridgehead atoms. The van der Waals surface area contributed by atoms with E-state index in [0.717, 1.165) is 11.1 Å². The number of carbonyl (C=O) groups excluding carboxylic acids is 1. The van der Waals surface area contributed by atoms with Gasteiger partial charge >= 0.3 is 0 Å². The van der Waals surface area contributed by atoms with Crippen molar-refractivity contribution in [1.82, 2.24) is 0 Å². The zero-order valence-corrected chi connectivity index (χ0v) is 16.7. The van der Waals surface area contributed by atoms with Gasteiger partial charge in [-0.1, -0.05) is 121 Å². The molecule has 0 saturated heterocycles. The van der Waals surface area contributed by atoms with Crippen molar-refractivity contribution in [3.05, 3.63) is 144 Å². The SMILES string of the molecule is O=C(CC(O)(c1ccccc1)c1ccccc1)C(c1ccccc1)c1ccccc1. The first-order valence-corrected chi connectivity index (χ1v) is 10.1. The summed E-state index contributed by atoms with van der Waals surface area (Å²) in [6.07, 6.45) is -0.0184. The summed E-state index contributed by atoms with van der Waals surface area (Å²) in [5, 5.41) is 11.8. The molecule has 2 heteroatoms. The predicted molar refractivity (Wildman–Crippen MR) is 120 cm³/mol. The Bertz CT molecular complexity index is 996. The fourth-order valence-electron chi connectivity index (χ4n) is 4.01. The molecular formula is C28H24O2. The third-order valence-electron chi connectivity index (χ3n) is 5.52.